The molecule has 0 spiro atoms. The number of carbonyl (C=O) groups excluding carboxylic acids is 3. The van der Waals surface area contributed by atoms with E-state index in [4.69, 9.17) is 9.47 Å². The fraction of sp³-hybridized carbons (Fsp3) is 0.526. The molecule has 0 aliphatic carbocycles. The number of hydrogen-bond donors (Lipinski definition) is 2. The molecule has 8 heteroatoms. The Kier molecular flexibility index (Phi) is 8.60. The number of rotatable bonds is 8. The highest BCUT2D eigenvalue weighted by Gasteiger charge is 2.19. The van der Waals surface area contributed by atoms with Crippen molar-refractivity contribution < 1.29 is 23.9 Å². The second-order valence-electron chi connectivity index (χ2n) is 6.35. The van der Waals surface area contributed by atoms with E-state index in [0.717, 1.165) is 36.5 Å². The standard InChI is InChI=1S/C19H26N2O5S/c1-3-13(2)20-19(24)21-17(22)11-26-18(23)15-8-4-5-9-16(15)27-12-14-7-6-10-25-14/h4-5,8-9,13-14H,3,6-7,10-12H2,1-2H3,(H2,20,21,22,24)/t13-,14+/m1/s1. The third-order valence-electron chi connectivity index (χ3n) is 4.13. The predicted molar refractivity (Wildman–Crippen MR) is 103 cm³/mol. The van der Waals surface area contributed by atoms with Gasteiger partial charge in [0.25, 0.3) is 5.91 Å². The Labute approximate surface area is 163 Å². The second kappa shape index (κ2) is 10.9. The van der Waals surface area contributed by atoms with E-state index in [9.17, 15) is 14.4 Å². The Morgan fingerprint density at radius 2 is 2.11 bits per heavy atom. The molecular weight excluding hydrogens is 368 g/mol. The number of thioether (sulfide) groups is 1. The topological polar surface area (TPSA) is 93.7 Å². The number of urea groups is 1. The molecule has 3 amide bonds. The van der Waals surface area contributed by atoms with Gasteiger partial charge in [-0.05, 0) is 38.3 Å². The van der Waals surface area contributed by atoms with Gasteiger partial charge in [0.2, 0.25) is 0 Å². The Morgan fingerprint density at radius 3 is 2.81 bits per heavy atom. The Bertz CT molecular complexity index is 661. The summed E-state index contributed by atoms with van der Waals surface area (Å²) in [5, 5.41) is 4.75. The number of ether oxygens (including phenoxy) is 2. The Hall–Kier alpha value is -2.06. The van der Waals surface area contributed by atoms with Crippen molar-refractivity contribution in [2.45, 2.75) is 50.2 Å². The van der Waals surface area contributed by atoms with E-state index >= 15 is 0 Å². The zero-order valence-corrected chi connectivity index (χ0v) is 16.5. The van der Waals surface area contributed by atoms with Crippen molar-refractivity contribution in [3.05, 3.63) is 29.8 Å². The monoisotopic (exact) mass is 394 g/mol. The summed E-state index contributed by atoms with van der Waals surface area (Å²) in [6.45, 7) is 4.02. The van der Waals surface area contributed by atoms with E-state index in [0.29, 0.717) is 5.56 Å². The first-order valence-corrected chi connectivity index (χ1v) is 10.1. The molecule has 2 atom stereocenters. The maximum atomic E-state index is 12.3. The zero-order valence-electron chi connectivity index (χ0n) is 15.7. The summed E-state index contributed by atoms with van der Waals surface area (Å²) < 4.78 is 10.7. The SMILES string of the molecule is CC[C@@H](C)NC(=O)NC(=O)COC(=O)c1ccccc1SC[C@@H]1CCCO1. The molecule has 0 bridgehead atoms. The predicted octanol–water partition coefficient (Wildman–Crippen LogP) is 2.74. The van der Waals surface area contributed by atoms with Crippen LogP contribution in [0.5, 0.6) is 0 Å². The Morgan fingerprint density at radius 1 is 1.33 bits per heavy atom. The minimum atomic E-state index is -0.673. The molecule has 0 radical (unpaired) electrons. The van der Waals surface area contributed by atoms with Crippen LogP contribution in [0.1, 0.15) is 43.5 Å². The molecule has 0 unspecified atom stereocenters. The first kappa shape index (κ1) is 21.2. The molecule has 2 rings (SSSR count). The summed E-state index contributed by atoms with van der Waals surface area (Å²) in [6, 6.07) is 6.45. The van der Waals surface area contributed by atoms with E-state index < -0.39 is 24.5 Å². The third kappa shape index (κ3) is 7.22. The van der Waals surface area contributed by atoms with Gasteiger partial charge in [-0.25, -0.2) is 9.59 Å². The molecule has 0 aromatic heterocycles. The van der Waals surface area contributed by atoms with Crippen molar-refractivity contribution in [2.75, 3.05) is 19.0 Å². The summed E-state index contributed by atoms with van der Waals surface area (Å²) in [5.41, 5.74) is 0.400. The van der Waals surface area contributed by atoms with Gasteiger partial charge in [0, 0.05) is 23.3 Å². The molecule has 1 fully saturated rings. The van der Waals surface area contributed by atoms with Crippen LogP contribution in [0.15, 0.2) is 29.2 Å². The molecule has 7 nitrogen and oxygen atoms in total. The zero-order chi connectivity index (χ0) is 19.6. The lowest BCUT2D eigenvalue weighted by atomic mass is 10.2. The van der Waals surface area contributed by atoms with Gasteiger partial charge in [-0.1, -0.05) is 19.1 Å². The molecule has 27 heavy (non-hydrogen) atoms. The normalized spacial score (nSPS) is 17.2. The molecule has 2 N–H and O–H groups in total. The number of imide groups is 1. The lowest BCUT2D eigenvalue weighted by Gasteiger charge is -2.13. The molecular formula is C19H26N2O5S. The second-order valence-corrected chi connectivity index (χ2v) is 7.41. The minimum Gasteiger partial charge on any atom is -0.452 e. The largest absolute Gasteiger partial charge is 0.452 e. The van der Waals surface area contributed by atoms with Crippen molar-refractivity contribution in [1.82, 2.24) is 10.6 Å². The van der Waals surface area contributed by atoms with Crippen LogP contribution in [0, 0.1) is 0 Å². The van der Waals surface area contributed by atoms with E-state index in [1.807, 2.05) is 26.0 Å². The van der Waals surface area contributed by atoms with Crippen LogP contribution >= 0.6 is 11.8 Å². The minimum absolute atomic E-state index is 0.0481. The number of esters is 1. The van der Waals surface area contributed by atoms with Gasteiger partial charge in [0.1, 0.15) is 0 Å². The number of carbonyl (C=O) groups is 3. The maximum absolute atomic E-state index is 12.3. The van der Waals surface area contributed by atoms with Gasteiger partial charge in [0.15, 0.2) is 6.61 Å². The third-order valence-corrected chi connectivity index (χ3v) is 5.34. The van der Waals surface area contributed by atoms with Crippen LogP contribution in [0.4, 0.5) is 4.79 Å². The van der Waals surface area contributed by atoms with E-state index in [1.54, 1.807) is 12.1 Å². The van der Waals surface area contributed by atoms with Crippen LogP contribution in [0.3, 0.4) is 0 Å². The lowest BCUT2D eigenvalue weighted by molar-refractivity contribution is -0.123. The highest BCUT2D eigenvalue weighted by Crippen LogP contribution is 2.27. The van der Waals surface area contributed by atoms with Gasteiger partial charge in [-0.3, -0.25) is 10.1 Å². The quantitative estimate of drug-likeness (QED) is 0.520. The summed E-state index contributed by atoms with van der Waals surface area (Å²) in [7, 11) is 0. The van der Waals surface area contributed by atoms with Crippen molar-refractivity contribution in [1.29, 1.82) is 0 Å². The van der Waals surface area contributed by atoms with Crippen molar-refractivity contribution in [3.63, 3.8) is 0 Å². The summed E-state index contributed by atoms with van der Waals surface area (Å²) in [5.74, 6) is -0.503. The highest BCUT2D eigenvalue weighted by molar-refractivity contribution is 7.99. The average molecular weight is 394 g/mol. The molecule has 1 aliphatic heterocycles. The molecule has 1 aliphatic rings. The van der Waals surface area contributed by atoms with Crippen molar-refractivity contribution in [3.8, 4) is 0 Å². The average Bonchev–Trinajstić information content (AvgIpc) is 3.18. The summed E-state index contributed by atoms with van der Waals surface area (Å²) in [6.07, 6.45) is 3.04. The molecule has 1 aromatic carbocycles. The maximum Gasteiger partial charge on any atom is 0.339 e. The molecule has 0 saturated carbocycles. The molecule has 1 saturated heterocycles. The summed E-state index contributed by atoms with van der Waals surface area (Å²) in [4.78, 5) is 36.5. The van der Waals surface area contributed by atoms with Gasteiger partial charge in [0.05, 0.1) is 11.7 Å². The number of amides is 3. The molecule has 1 heterocycles. The van der Waals surface area contributed by atoms with Crippen LogP contribution in [0.25, 0.3) is 0 Å². The fourth-order valence-corrected chi connectivity index (χ4v) is 3.56. The smallest absolute Gasteiger partial charge is 0.339 e. The Balaban J connectivity index is 1.82. The van der Waals surface area contributed by atoms with Crippen LogP contribution in [0.2, 0.25) is 0 Å². The van der Waals surface area contributed by atoms with Crippen LogP contribution in [-0.2, 0) is 14.3 Å². The first-order valence-electron chi connectivity index (χ1n) is 9.10. The highest BCUT2D eigenvalue weighted by atomic mass is 32.2. The van der Waals surface area contributed by atoms with Gasteiger partial charge < -0.3 is 14.8 Å². The van der Waals surface area contributed by atoms with Gasteiger partial charge in [-0.2, -0.15) is 0 Å². The number of hydrogen-bond acceptors (Lipinski definition) is 6. The summed E-state index contributed by atoms with van der Waals surface area (Å²) >= 11 is 1.54. The van der Waals surface area contributed by atoms with E-state index in [2.05, 4.69) is 10.6 Å². The van der Waals surface area contributed by atoms with Crippen LogP contribution in [-0.4, -0.2) is 49.0 Å². The molecule has 148 valence electrons. The first-order chi connectivity index (χ1) is 13.0. The van der Waals surface area contributed by atoms with E-state index in [-0.39, 0.29) is 12.1 Å². The fourth-order valence-electron chi connectivity index (χ4n) is 2.45. The number of nitrogens with one attached hydrogen (secondary N) is 2. The van der Waals surface area contributed by atoms with Crippen LogP contribution < -0.4 is 10.6 Å². The number of benzene rings is 1. The van der Waals surface area contributed by atoms with Crippen molar-refractivity contribution in [2.24, 2.45) is 0 Å². The van der Waals surface area contributed by atoms with Gasteiger partial charge >= 0.3 is 12.0 Å². The molecule has 1 aromatic rings. The van der Waals surface area contributed by atoms with Crippen molar-refractivity contribution >= 4 is 29.7 Å². The lowest BCUT2D eigenvalue weighted by Crippen LogP contribution is -2.44. The van der Waals surface area contributed by atoms with E-state index in [1.165, 1.54) is 11.8 Å². The van der Waals surface area contributed by atoms with Gasteiger partial charge in [-0.15, -0.1) is 11.8 Å².